The van der Waals surface area contributed by atoms with Gasteiger partial charge in [0.05, 0.1) is 11.2 Å². The minimum atomic E-state index is -3.71. The van der Waals surface area contributed by atoms with Crippen LogP contribution < -0.4 is 14.3 Å². The van der Waals surface area contributed by atoms with Gasteiger partial charge in [-0.1, -0.05) is 6.07 Å². The van der Waals surface area contributed by atoms with Gasteiger partial charge < -0.3 is 4.90 Å². The van der Waals surface area contributed by atoms with E-state index in [-0.39, 0.29) is 27.7 Å². The first-order valence-electron chi connectivity index (χ1n) is 13.5. The Morgan fingerprint density at radius 3 is 2.26 bits per heavy atom. The predicted molar refractivity (Wildman–Crippen MR) is 145 cm³/mol. The lowest BCUT2D eigenvalue weighted by atomic mass is 9.66. The largest absolute Gasteiger partial charge is 0.307 e. The number of fused-ring (bicyclic) bond motifs is 2. The Morgan fingerprint density at radius 1 is 0.921 bits per heavy atom. The zero-order valence-corrected chi connectivity index (χ0v) is 23.1. The Labute approximate surface area is 224 Å². The standard InChI is InChI=1S/C28H33N3O5S2/c1-37(33,34)29-20-5-6-23-22(16-20)28(11-9-26(7-8-26)10-12-28)18-31(23)25(32)19-3-2-4-21(15-19)38(35,36)30-24-17-27(24)13-14-27/h2-6,15-16,24,29-30H,7-14,17-18H2,1H3. The lowest BCUT2D eigenvalue weighted by molar-refractivity contribution is 0.0980. The Morgan fingerprint density at radius 2 is 1.63 bits per heavy atom. The van der Waals surface area contributed by atoms with Gasteiger partial charge in [-0.2, -0.15) is 0 Å². The number of carbonyl (C=O) groups excluding carboxylic acids is 1. The molecule has 1 unspecified atom stereocenters. The van der Waals surface area contributed by atoms with Crippen LogP contribution in [-0.2, 0) is 25.5 Å². The summed E-state index contributed by atoms with van der Waals surface area (Å²) in [6.07, 6.45) is 10.9. The van der Waals surface area contributed by atoms with Gasteiger partial charge in [0.1, 0.15) is 0 Å². The first kappa shape index (κ1) is 24.6. The molecule has 0 saturated heterocycles. The number of amides is 1. The van der Waals surface area contributed by atoms with Crippen LogP contribution in [0.1, 0.15) is 73.7 Å². The molecule has 2 aromatic carbocycles. The second kappa shape index (κ2) is 7.82. The van der Waals surface area contributed by atoms with Gasteiger partial charge in [0.25, 0.3) is 5.91 Å². The number of benzene rings is 2. The van der Waals surface area contributed by atoms with Crippen LogP contribution in [0.5, 0.6) is 0 Å². The molecule has 4 fully saturated rings. The van der Waals surface area contributed by atoms with E-state index >= 15 is 0 Å². The summed E-state index contributed by atoms with van der Waals surface area (Å²) < 4.78 is 55.4. The monoisotopic (exact) mass is 555 g/mol. The van der Waals surface area contributed by atoms with E-state index in [2.05, 4.69) is 9.44 Å². The van der Waals surface area contributed by atoms with Gasteiger partial charge in [-0.25, -0.2) is 21.6 Å². The summed E-state index contributed by atoms with van der Waals surface area (Å²) in [7, 11) is -7.15. The number of carbonyl (C=O) groups is 1. The molecule has 3 spiro atoms. The van der Waals surface area contributed by atoms with E-state index in [0.29, 0.717) is 23.2 Å². The lowest BCUT2D eigenvalue weighted by Crippen LogP contribution is -2.40. The highest BCUT2D eigenvalue weighted by atomic mass is 32.2. The van der Waals surface area contributed by atoms with Gasteiger partial charge in [0.2, 0.25) is 20.0 Å². The molecule has 1 atom stereocenters. The molecule has 1 heterocycles. The van der Waals surface area contributed by atoms with Gasteiger partial charge in [-0.05, 0) is 111 Å². The van der Waals surface area contributed by atoms with Crippen molar-refractivity contribution in [3.63, 3.8) is 0 Å². The maximum absolute atomic E-state index is 13.9. The molecule has 2 aromatic rings. The van der Waals surface area contributed by atoms with Crippen molar-refractivity contribution in [3.05, 3.63) is 53.6 Å². The van der Waals surface area contributed by atoms with E-state index < -0.39 is 20.0 Å². The molecule has 2 N–H and O–H groups in total. The molecule has 0 bridgehead atoms. The summed E-state index contributed by atoms with van der Waals surface area (Å²) in [5, 5.41) is 0. The van der Waals surface area contributed by atoms with Crippen LogP contribution in [0.2, 0.25) is 0 Å². The highest BCUT2D eigenvalue weighted by Crippen LogP contribution is 2.66. The molecule has 7 rings (SSSR count). The van der Waals surface area contributed by atoms with Crippen LogP contribution in [0.25, 0.3) is 0 Å². The van der Waals surface area contributed by atoms with Gasteiger partial charge in [-0.15, -0.1) is 0 Å². The van der Waals surface area contributed by atoms with Gasteiger partial charge in [0, 0.05) is 34.9 Å². The SMILES string of the molecule is CS(=O)(=O)Nc1ccc2c(c1)C1(CCC3(CC3)CC1)CN2C(=O)c1cccc(S(=O)(=O)NC2CC23CC3)c1. The van der Waals surface area contributed by atoms with Crippen molar-refractivity contribution in [2.24, 2.45) is 10.8 Å². The number of nitrogens with one attached hydrogen (secondary N) is 2. The predicted octanol–water partition coefficient (Wildman–Crippen LogP) is 4.14. The maximum Gasteiger partial charge on any atom is 0.258 e. The van der Waals surface area contributed by atoms with Gasteiger partial charge in [0.15, 0.2) is 0 Å². The number of nitrogens with zero attached hydrogens (tertiary/aromatic N) is 1. The summed E-state index contributed by atoms with van der Waals surface area (Å²) in [5.41, 5.74) is 3.04. The van der Waals surface area contributed by atoms with Crippen LogP contribution in [0.4, 0.5) is 11.4 Å². The molecule has 10 heteroatoms. The van der Waals surface area contributed by atoms with Crippen molar-refractivity contribution in [2.75, 3.05) is 22.4 Å². The summed E-state index contributed by atoms with van der Waals surface area (Å²) in [4.78, 5) is 15.8. The van der Waals surface area contributed by atoms with E-state index in [1.54, 1.807) is 29.2 Å². The van der Waals surface area contributed by atoms with Crippen molar-refractivity contribution < 1.29 is 21.6 Å². The van der Waals surface area contributed by atoms with Crippen molar-refractivity contribution in [2.45, 2.75) is 74.1 Å². The zero-order valence-electron chi connectivity index (χ0n) is 21.5. The highest BCUT2D eigenvalue weighted by molar-refractivity contribution is 7.92. The highest BCUT2D eigenvalue weighted by Gasteiger charge is 2.63. The van der Waals surface area contributed by atoms with Crippen molar-refractivity contribution in [3.8, 4) is 0 Å². The Kier molecular flexibility index (Phi) is 5.06. The number of rotatable bonds is 6. The third kappa shape index (κ3) is 4.16. The smallest absolute Gasteiger partial charge is 0.258 e. The second-order valence-corrected chi connectivity index (χ2v) is 16.0. The molecular formula is C28H33N3O5S2. The van der Waals surface area contributed by atoms with Crippen molar-refractivity contribution in [1.29, 1.82) is 0 Å². The summed E-state index contributed by atoms with van der Waals surface area (Å²) in [6.45, 7) is 0.513. The number of anilines is 2. The van der Waals surface area contributed by atoms with Crippen LogP contribution in [-0.4, -0.2) is 41.6 Å². The van der Waals surface area contributed by atoms with E-state index in [4.69, 9.17) is 0 Å². The maximum atomic E-state index is 13.9. The molecule has 202 valence electrons. The molecule has 4 saturated carbocycles. The second-order valence-electron chi connectivity index (χ2n) is 12.5. The minimum absolute atomic E-state index is 0.00739. The number of sulfonamides is 2. The number of hydrogen-bond acceptors (Lipinski definition) is 5. The van der Waals surface area contributed by atoms with E-state index in [1.807, 2.05) is 12.1 Å². The zero-order chi connectivity index (χ0) is 26.6. The molecular weight excluding hydrogens is 522 g/mol. The topological polar surface area (TPSA) is 113 Å². The third-order valence-corrected chi connectivity index (χ3v) is 11.9. The Hall–Kier alpha value is -2.43. The lowest BCUT2D eigenvalue weighted by Gasteiger charge is -2.38. The molecule has 1 aliphatic heterocycles. The molecule has 8 nitrogen and oxygen atoms in total. The minimum Gasteiger partial charge on any atom is -0.307 e. The van der Waals surface area contributed by atoms with Crippen LogP contribution in [0.15, 0.2) is 47.4 Å². The first-order valence-corrected chi connectivity index (χ1v) is 16.9. The summed E-state index contributed by atoms with van der Waals surface area (Å²) in [5.74, 6) is -0.235. The van der Waals surface area contributed by atoms with E-state index in [9.17, 15) is 21.6 Å². The Bertz CT molecular complexity index is 1570. The fourth-order valence-electron chi connectivity index (χ4n) is 6.93. The summed E-state index contributed by atoms with van der Waals surface area (Å²) >= 11 is 0. The van der Waals surface area contributed by atoms with Gasteiger partial charge in [-0.3, -0.25) is 9.52 Å². The van der Waals surface area contributed by atoms with Gasteiger partial charge >= 0.3 is 0 Å². The Balaban J connectivity index is 1.20. The van der Waals surface area contributed by atoms with E-state index in [1.165, 1.54) is 18.9 Å². The molecule has 5 aliphatic rings. The summed E-state index contributed by atoms with van der Waals surface area (Å²) in [6, 6.07) is 11.7. The first-order chi connectivity index (χ1) is 17.9. The molecule has 38 heavy (non-hydrogen) atoms. The quantitative estimate of drug-likeness (QED) is 0.556. The number of hydrogen-bond donors (Lipinski definition) is 2. The molecule has 4 aliphatic carbocycles. The third-order valence-electron chi connectivity index (χ3n) is 9.86. The van der Waals surface area contributed by atoms with Crippen molar-refractivity contribution >= 4 is 37.3 Å². The normalized spacial score (nSPS) is 25.4. The fourth-order valence-corrected chi connectivity index (χ4v) is 8.86. The molecule has 1 amide bonds. The average Bonchev–Trinajstić information content (AvgIpc) is 3.82. The van der Waals surface area contributed by atoms with E-state index in [0.717, 1.165) is 62.5 Å². The fraction of sp³-hybridized carbons (Fsp3) is 0.536. The van der Waals surface area contributed by atoms with Crippen molar-refractivity contribution in [1.82, 2.24) is 4.72 Å². The van der Waals surface area contributed by atoms with Crippen LogP contribution in [0.3, 0.4) is 0 Å². The molecule has 0 aromatic heterocycles. The molecule has 0 radical (unpaired) electrons. The average molecular weight is 556 g/mol. The van der Waals surface area contributed by atoms with Crippen LogP contribution in [0, 0.1) is 10.8 Å². The van der Waals surface area contributed by atoms with Crippen LogP contribution >= 0.6 is 0 Å².